The highest BCUT2D eigenvalue weighted by molar-refractivity contribution is 7.99. The van der Waals surface area contributed by atoms with E-state index in [4.69, 9.17) is 0 Å². The average molecular weight is 281 g/mol. The SMILES string of the molecule is CCNC(C)(CCSc1ccc(C)c(C)c1)C(=O)O. The Hall–Kier alpha value is -1.00. The summed E-state index contributed by atoms with van der Waals surface area (Å²) in [5.41, 5.74) is 1.73. The number of aliphatic carboxylic acids is 1. The zero-order valence-electron chi connectivity index (χ0n) is 12.1. The number of carboxylic acid groups (broad SMARTS) is 1. The van der Waals surface area contributed by atoms with E-state index in [1.54, 1.807) is 18.7 Å². The van der Waals surface area contributed by atoms with E-state index in [9.17, 15) is 9.90 Å². The monoisotopic (exact) mass is 281 g/mol. The number of thioether (sulfide) groups is 1. The Kier molecular flexibility index (Phi) is 5.88. The molecule has 0 saturated heterocycles. The molecule has 4 heteroatoms. The highest BCUT2D eigenvalue weighted by Gasteiger charge is 2.31. The first-order chi connectivity index (χ1) is 8.89. The number of carboxylic acids is 1. The van der Waals surface area contributed by atoms with Gasteiger partial charge in [0.05, 0.1) is 0 Å². The summed E-state index contributed by atoms with van der Waals surface area (Å²) in [6.07, 6.45) is 0.605. The predicted octanol–water partition coefficient (Wildman–Crippen LogP) is 3.24. The molecule has 0 fully saturated rings. The molecule has 0 spiro atoms. The number of aryl methyl sites for hydroxylation is 2. The van der Waals surface area contributed by atoms with E-state index in [1.165, 1.54) is 16.0 Å². The normalized spacial score (nSPS) is 14.1. The Morgan fingerprint density at radius 2 is 2.05 bits per heavy atom. The van der Waals surface area contributed by atoms with E-state index in [1.807, 2.05) is 6.92 Å². The molecule has 1 aromatic carbocycles. The van der Waals surface area contributed by atoms with Crippen molar-refractivity contribution in [3.8, 4) is 0 Å². The molecule has 1 atom stereocenters. The van der Waals surface area contributed by atoms with Crippen molar-refractivity contribution in [3.05, 3.63) is 29.3 Å². The molecule has 3 nitrogen and oxygen atoms in total. The Morgan fingerprint density at radius 1 is 1.37 bits per heavy atom. The summed E-state index contributed by atoms with van der Waals surface area (Å²) in [6, 6.07) is 6.36. The summed E-state index contributed by atoms with van der Waals surface area (Å²) in [5.74, 6) is 0.00761. The molecule has 0 saturated carbocycles. The van der Waals surface area contributed by atoms with Crippen LogP contribution in [0.3, 0.4) is 0 Å². The van der Waals surface area contributed by atoms with Crippen molar-refractivity contribution < 1.29 is 9.90 Å². The lowest BCUT2D eigenvalue weighted by atomic mass is 9.99. The Morgan fingerprint density at radius 3 is 2.58 bits per heavy atom. The minimum absolute atomic E-state index is 0.605. The second kappa shape index (κ2) is 6.96. The van der Waals surface area contributed by atoms with Gasteiger partial charge in [-0.3, -0.25) is 4.79 Å². The minimum Gasteiger partial charge on any atom is -0.480 e. The third-order valence-corrected chi connectivity index (χ3v) is 4.38. The molecule has 0 amide bonds. The maximum absolute atomic E-state index is 11.3. The van der Waals surface area contributed by atoms with Crippen molar-refractivity contribution in [2.45, 2.75) is 44.6 Å². The van der Waals surface area contributed by atoms with Crippen LogP contribution in [0.1, 0.15) is 31.4 Å². The highest BCUT2D eigenvalue weighted by Crippen LogP contribution is 2.24. The molecule has 0 aliphatic rings. The number of benzene rings is 1. The van der Waals surface area contributed by atoms with Crippen LogP contribution >= 0.6 is 11.8 Å². The van der Waals surface area contributed by atoms with E-state index in [2.05, 4.69) is 37.4 Å². The van der Waals surface area contributed by atoms with Crippen molar-refractivity contribution in [3.63, 3.8) is 0 Å². The molecule has 19 heavy (non-hydrogen) atoms. The van der Waals surface area contributed by atoms with Gasteiger partial charge in [0.15, 0.2) is 0 Å². The van der Waals surface area contributed by atoms with Crippen LogP contribution in [0.25, 0.3) is 0 Å². The quantitative estimate of drug-likeness (QED) is 0.753. The summed E-state index contributed by atoms with van der Waals surface area (Å²) in [6.45, 7) is 8.53. The van der Waals surface area contributed by atoms with Crippen LogP contribution in [0.5, 0.6) is 0 Å². The smallest absolute Gasteiger partial charge is 0.323 e. The lowest BCUT2D eigenvalue weighted by Crippen LogP contribution is -2.49. The molecule has 1 aromatic rings. The Labute approximate surface area is 119 Å². The van der Waals surface area contributed by atoms with Crippen molar-refractivity contribution >= 4 is 17.7 Å². The summed E-state index contributed by atoms with van der Waals surface area (Å²) in [5, 5.41) is 12.3. The molecule has 1 rings (SSSR count). The third-order valence-electron chi connectivity index (χ3n) is 3.39. The zero-order valence-corrected chi connectivity index (χ0v) is 12.9. The van der Waals surface area contributed by atoms with Crippen LogP contribution in [0.2, 0.25) is 0 Å². The molecule has 1 unspecified atom stereocenters. The van der Waals surface area contributed by atoms with Gasteiger partial charge in [-0.15, -0.1) is 11.8 Å². The molecular weight excluding hydrogens is 258 g/mol. The van der Waals surface area contributed by atoms with E-state index in [0.29, 0.717) is 13.0 Å². The largest absolute Gasteiger partial charge is 0.480 e. The van der Waals surface area contributed by atoms with Crippen LogP contribution in [-0.4, -0.2) is 28.9 Å². The van der Waals surface area contributed by atoms with Gasteiger partial charge in [0, 0.05) is 10.6 Å². The maximum Gasteiger partial charge on any atom is 0.323 e. The fourth-order valence-corrected chi connectivity index (χ4v) is 3.01. The molecule has 0 bridgehead atoms. The standard InChI is InChI=1S/C15H23NO2S/c1-5-16-15(4,14(17)18)8-9-19-13-7-6-11(2)12(3)10-13/h6-7,10,16H,5,8-9H2,1-4H3,(H,17,18). The van der Waals surface area contributed by atoms with Gasteiger partial charge in [-0.25, -0.2) is 0 Å². The number of nitrogens with one attached hydrogen (secondary N) is 1. The van der Waals surface area contributed by atoms with E-state index < -0.39 is 11.5 Å². The van der Waals surface area contributed by atoms with Gasteiger partial charge in [0.1, 0.15) is 5.54 Å². The van der Waals surface area contributed by atoms with E-state index in [-0.39, 0.29) is 0 Å². The van der Waals surface area contributed by atoms with Gasteiger partial charge < -0.3 is 10.4 Å². The van der Waals surface area contributed by atoms with Gasteiger partial charge >= 0.3 is 5.97 Å². The lowest BCUT2D eigenvalue weighted by Gasteiger charge is -2.25. The molecule has 0 aromatic heterocycles. The van der Waals surface area contributed by atoms with Crippen molar-refractivity contribution in [1.82, 2.24) is 5.32 Å². The third kappa shape index (κ3) is 4.55. The average Bonchev–Trinajstić information content (AvgIpc) is 2.34. The van der Waals surface area contributed by atoms with Gasteiger partial charge in [-0.05, 0) is 57.0 Å². The van der Waals surface area contributed by atoms with Crippen LogP contribution in [-0.2, 0) is 4.79 Å². The number of rotatable bonds is 7. The van der Waals surface area contributed by atoms with Crippen molar-refractivity contribution in [2.24, 2.45) is 0 Å². The summed E-state index contributed by atoms with van der Waals surface area (Å²) in [4.78, 5) is 12.5. The topological polar surface area (TPSA) is 49.3 Å². The second-order valence-corrected chi connectivity index (χ2v) is 6.18. The van der Waals surface area contributed by atoms with Gasteiger partial charge in [-0.1, -0.05) is 13.0 Å². The minimum atomic E-state index is -0.832. The molecule has 0 radical (unpaired) electrons. The number of hydrogen-bond donors (Lipinski definition) is 2. The molecule has 0 aliphatic carbocycles. The van der Waals surface area contributed by atoms with Crippen LogP contribution in [0.4, 0.5) is 0 Å². The van der Waals surface area contributed by atoms with Gasteiger partial charge in [0.2, 0.25) is 0 Å². The van der Waals surface area contributed by atoms with Crippen LogP contribution in [0, 0.1) is 13.8 Å². The summed E-state index contributed by atoms with van der Waals surface area (Å²) < 4.78 is 0. The van der Waals surface area contributed by atoms with Crippen molar-refractivity contribution in [1.29, 1.82) is 0 Å². The predicted molar refractivity (Wildman–Crippen MR) is 81.0 cm³/mol. The van der Waals surface area contributed by atoms with Crippen LogP contribution in [0.15, 0.2) is 23.1 Å². The molecular formula is C15H23NO2S. The number of carbonyl (C=O) groups is 1. The molecule has 0 aliphatic heterocycles. The number of likely N-dealkylation sites (N-methyl/N-ethyl adjacent to an activating group) is 1. The van der Waals surface area contributed by atoms with E-state index in [0.717, 1.165) is 5.75 Å². The van der Waals surface area contributed by atoms with Gasteiger partial charge in [-0.2, -0.15) is 0 Å². The summed E-state index contributed by atoms with van der Waals surface area (Å²) >= 11 is 1.71. The second-order valence-electron chi connectivity index (χ2n) is 5.01. The first-order valence-electron chi connectivity index (χ1n) is 6.57. The first-order valence-corrected chi connectivity index (χ1v) is 7.56. The Bertz CT molecular complexity index is 448. The van der Waals surface area contributed by atoms with Crippen molar-refractivity contribution in [2.75, 3.05) is 12.3 Å². The maximum atomic E-state index is 11.3. The fourth-order valence-electron chi connectivity index (χ4n) is 1.84. The first kappa shape index (κ1) is 16.1. The van der Waals surface area contributed by atoms with Crippen LogP contribution < -0.4 is 5.32 Å². The fraction of sp³-hybridized carbons (Fsp3) is 0.533. The zero-order chi connectivity index (χ0) is 14.5. The molecule has 0 heterocycles. The lowest BCUT2D eigenvalue weighted by molar-refractivity contribution is -0.144. The summed E-state index contributed by atoms with van der Waals surface area (Å²) in [7, 11) is 0. The van der Waals surface area contributed by atoms with Gasteiger partial charge in [0.25, 0.3) is 0 Å². The molecule has 106 valence electrons. The highest BCUT2D eigenvalue weighted by atomic mass is 32.2. The molecule has 2 N–H and O–H groups in total. The van der Waals surface area contributed by atoms with E-state index >= 15 is 0 Å². The number of hydrogen-bond acceptors (Lipinski definition) is 3. The Balaban J connectivity index is 2.57.